The molecule has 0 spiro atoms. The summed E-state index contributed by atoms with van der Waals surface area (Å²) in [7, 11) is 3.28. The Hall–Kier alpha value is -1.52. The second-order valence-electron chi connectivity index (χ2n) is 4.91. The van der Waals surface area contributed by atoms with Crippen molar-refractivity contribution in [3.8, 4) is 11.5 Å². The van der Waals surface area contributed by atoms with Crippen LogP contribution < -0.4 is 14.8 Å². The molecular weight excluding hydrogens is 330 g/mol. The molecule has 0 bridgehead atoms. The van der Waals surface area contributed by atoms with Crippen LogP contribution in [0, 0.1) is 6.92 Å². The van der Waals surface area contributed by atoms with Crippen molar-refractivity contribution in [3.63, 3.8) is 0 Å². The molecule has 2 rings (SSSR count). The molecule has 0 saturated heterocycles. The molecule has 0 unspecified atom stereocenters. The third kappa shape index (κ3) is 4.22. The average molecular weight is 350 g/mol. The summed E-state index contributed by atoms with van der Waals surface area (Å²) in [5.41, 5.74) is 3.71. The predicted molar refractivity (Wildman–Crippen MR) is 89.0 cm³/mol. The average Bonchev–Trinajstić information content (AvgIpc) is 2.46. The van der Waals surface area contributed by atoms with Crippen LogP contribution in [0.4, 0.5) is 0 Å². The molecule has 2 aromatic rings. The first-order valence-corrected chi connectivity index (χ1v) is 7.60. The fourth-order valence-corrected chi connectivity index (χ4v) is 2.90. The van der Waals surface area contributed by atoms with E-state index in [1.165, 1.54) is 11.1 Å². The van der Waals surface area contributed by atoms with E-state index in [0.717, 1.165) is 34.6 Å². The highest BCUT2D eigenvalue weighted by molar-refractivity contribution is 9.10. The molecule has 0 aliphatic heterocycles. The Bertz CT molecular complexity index is 614. The summed E-state index contributed by atoms with van der Waals surface area (Å²) < 4.78 is 11.6. The quantitative estimate of drug-likeness (QED) is 0.852. The minimum absolute atomic E-state index is 0.722. The van der Waals surface area contributed by atoms with Crippen LogP contribution in [0.1, 0.15) is 16.7 Å². The maximum atomic E-state index is 5.36. The van der Waals surface area contributed by atoms with Gasteiger partial charge in [-0.15, -0.1) is 0 Å². The van der Waals surface area contributed by atoms with Crippen LogP contribution in [0.25, 0.3) is 0 Å². The van der Waals surface area contributed by atoms with Gasteiger partial charge in [0.05, 0.1) is 18.7 Å². The smallest absolute Gasteiger partial charge is 0.174 e. The first-order chi connectivity index (χ1) is 10.1. The molecule has 0 aliphatic carbocycles. The van der Waals surface area contributed by atoms with E-state index in [4.69, 9.17) is 9.47 Å². The fraction of sp³-hybridized carbons (Fsp3) is 0.294. The Balaban J connectivity index is 2.02. The van der Waals surface area contributed by atoms with E-state index in [9.17, 15) is 0 Å². The molecule has 2 aromatic carbocycles. The van der Waals surface area contributed by atoms with Gasteiger partial charge in [0, 0.05) is 13.1 Å². The number of aryl methyl sites for hydroxylation is 1. The monoisotopic (exact) mass is 349 g/mol. The molecule has 0 atom stereocenters. The Morgan fingerprint density at radius 1 is 1.00 bits per heavy atom. The third-order valence-corrected chi connectivity index (χ3v) is 3.82. The van der Waals surface area contributed by atoms with E-state index in [2.05, 4.69) is 52.4 Å². The van der Waals surface area contributed by atoms with Crippen LogP contribution in [0.15, 0.2) is 40.9 Å². The molecule has 0 heterocycles. The molecule has 0 saturated carbocycles. The Morgan fingerprint density at radius 3 is 2.43 bits per heavy atom. The molecule has 112 valence electrons. The number of halogens is 1. The van der Waals surface area contributed by atoms with E-state index in [1.54, 1.807) is 14.2 Å². The summed E-state index contributed by atoms with van der Waals surface area (Å²) >= 11 is 3.51. The molecule has 0 aromatic heterocycles. The van der Waals surface area contributed by atoms with Crippen LogP contribution >= 0.6 is 15.9 Å². The zero-order valence-electron chi connectivity index (χ0n) is 12.6. The van der Waals surface area contributed by atoms with Crippen LogP contribution in [-0.2, 0) is 13.1 Å². The number of nitrogens with one attached hydrogen (secondary N) is 1. The second kappa shape index (κ2) is 7.48. The summed E-state index contributed by atoms with van der Waals surface area (Å²) in [5, 5.41) is 3.44. The number of hydrogen-bond donors (Lipinski definition) is 1. The largest absolute Gasteiger partial charge is 0.493 e. The lowest BCUT2D eigenvalue weighted by Gasteiger charge is -2.12. The fourth-order valence-electron chi connectivity index (χ4n) is 2.25. The van der Waals surface area contributed by atoms with Crippen molar-refractivity contribution in [2.75, 3.05) is 14.2 Å². The van der Waals surface area contributed by atoms with E-state index in [1.807, 2.05) is 12.1 Å². The molecule has 0 fully saturated rings. The molecule has 1 N–H and O–H groups in total. The maximum absolute atomic E-state index is 5.36. The Labute approximate surface area is 134 Å². The highest BCUT2D eigenvalue weighted by atomic mass is 79.9. The van der Waals surface area contributed by atoms with Crippen molar-refractivity contribution >= 4 is 15.9 Å². The standard InChI is InChI=1S/C17H20BrNO2/c1-12-5-4-6-13(7-12)10-19-11-14-8-15(18)17(21-3)16(9-14)20-2/h4-9,19H,10-11H2,1-3H3. The normalized spacial score (nSPS) is 10.5. The molecule has 21 heavy (non-hydrogen) atoms. The highest BCUT2D eigenvalue weighted by Crippen LogP contribution is 2.36. The van der Waals surface area contributed by atoms with Gasteiger partial charge in [-0.2, -0.15) is 0 Å². The van der Waals surface area contributed by atoms with Crippen molar-refractivity contribution in [1.29, 1.82) is 0 Å². The molecule has 4 heteroatoms. The SMILES string of the molecule is COc1cc(CNCc2cccc(C)c2)cc(Br)c1OC. The van der Waals surface area contributed by atoms with Gasteiger partial charge in [0.1, 0.15) is 0 Å². The van der Waals surface area contributed by atoms with Crippen LogP contribution in [0.5, 0.6) is 11.5 Å². The van der Waals surface area contributed by atoms with Gasteiger partial charge in [0.25, 0.3) is 0 Å². The van der Waals surface area contributed by atoms with E-state index >= 15 is 0 Å². The topological polar surface area (TPSA) is 30.5 Å². The molecule has 0 aliphatic rings. The molecular formula is C17H20BrNO2. The summed E-state index contributed by atoms with van der Waals surface area (Å²) in [6, 6.07) is 12.5. The first-order valence-electron chi connectivity index (χ1n) is 6.80. The van der Waals surface area contributed by atoms with Crippen LogP contribution in [0.3, 0.4) is 0 Å². The van der Waals surface area contributed by atoms with Gasteiger partial charge in [-0.1, -0.05) is 29.8 Å². The zero-order chi connectivity index (χ0) is 15.2. The summed E-state index contributed by atoms with van der Waals surface area (Å²) in [6.07, 6.45) is 0. The lowest BCUT2D eigenvalue weighted by molar-refractivity contribution is 0.352. The van der Waals surface area contributed by atoms with Gasteiger partial charge < -0.3 is 14.8 Å². The van der Waals surface area contributed by atoms with E-state index in [-0.39, 0.29) is 0 Å². The Kier molecular flexibility index (Phi) is 5.65. The van der Waals surface area contributed by atoms with Gasteiger partial charge >= 0.3 is 0 Å². The van der Waals surface area contributed by atoms with Gasteiger partial charge in [0.2, 0.25) is 0 Å². The summed E-state index contributed by atoms with van der Waals surface area (Å²) in [4.78, 5) is 0. The molecule has 0 amide bonds. The number of methoxy groups -OCH3 is 2. The van der Waals surface area contributed by atoms with Crippen molar-refractivity contribution in [2.24, 2.45) is 0 Å². The van der Waals surface area contributed by atoms with E-state index in [0.29, 0.717) is 0 Å². The Morgan fingerprint density at radius 2 is 1.76 bits per heavy atom. The minimum Gasteiger partial charge on any atom is -0.493 e. The van der Waals surface area contributed by atoms with Crippen molar-refractivity contribution in [1.82, 2.24) is 5.32 Å². The third-order valence-electron chi connectivity index (χ3n) is 3.23. The zero-order valence-corrected chi connectivity index (χ0v) is 14.2. The van der Waals surface area contributed by atoms with Crippen LogP contribution in [-0.4, -0.2) is 14.2 Å². The van der Waals surface area contributed by atoms with Gasteiger partial charge in [-0.3, -0.25) is 0 Å². The van der Waals surface area contributed by atoms with Crippen molar-refractivity contribution in [2.45, 2.75) is 20.0 Å². The second-order valence-corrected chi connectivity index (χ2v) is 5.76. The summed E-state index contributed by atoms with van der Waals surface area (Å²) in [6.45, 7) is 3.72. The van der Waals surface area contributed by atoms with Crippen molar-refractivity contribution in [3.05, 3.63) is 57.6 Å². The number of hydrogen-bond acceptors (Lipinski definition) is 3. The summed E-state index contributed by atoms with van der Waals surface area (Å²) in [5.74, 6) is 1.46. The first kappa shape index (κ1) is 15.9. The number of rotatable bonds is 6. The molecule has 0 radical (unpaired) electrons. The minimum atomic E-state index is 0.722. The lowest BCUT2D eigenvalue weighted by atomic mass is 10.1. The van der Waals surface area contributed by atoms with Gasteiger partial charge in [-0.05, 0) is 46.1 Å². The van der Waals surface area contributed by atoms with E-state index < -0.39 is 0 Å². The lowest BCUT2D eigenvalue weighted by Crippen LogP contribution is -2.13. The van der Waals surface area contributed by atoms with Gasteiger partial charge in [0.15, 0.2) is 11.5 Å². The van der Waals surface area contributed by atoms with Crippen molar-refractivity contribution < 1.29 is 9.47 Å². The molecule has 3 nitrogen and oxygen atoms in total. The number of ether oxygens (including phenoxy) is 2. The predicted octanol–water partition coefficient (Wildman–Crippen LogP) is 4.06. The van der Waals surface area contributed by atoms with Gasteiger partial charge in [-0.25, -0.2) is 0 Å². The maximum Gasteiger partial charge on any atom is 0.174 e. The highest BCUT2D eigenvalue weighted by Gasteiger charge is 2.10. The van der Waals surface area contributed by atoms with Crippen LogP contribution in [0.2, 0.25) is 0 Å². The number of benzene rings is 2.